The molecule has 0 aromatic heterocycles. The van der Waals surface area contributed by atoms with E-state index in [1.165, 1.54) is 11.8 Å². The average molecular weight is 151 g/mol. The third kappa shape index (κ3) is 1.61. The summed E-state index contributed by atoms with van der Waals surface area (Å²) in [6.45, 7) is 5.66. The van der Waals surface area contributed by atoms with Gasteiger partial charge in [0.15, 0.2) is 0 Å². The summed E-state index contributed by atoms with van der Waals surface area (Å²) in [5, 5.41) is 9.92. The van der Waals surface area contributed by atoms with Gasteiger partial charge in [-0.25, -0.2) is 0 Å². The van der Waals surface area contributed by atoms with E-state index in [1.807, 2.05) is 24.5 Å². The molecule has 2 heteroatoms. The molecule has 1 N–H and O–H groups in total. The lowest BCUT2D eigenvalue weighted by molar-refractivity contribution is 1.51. The highest BCUT2D eigenvalue weighted by Gasteiger charge is 2.06. The van der Waals surface area contributed by atoms with E-state index in [4.69, 9.17) is 5.41 Å². The van der Waals surface area contributed by atoms with Gasteiger partial charge in [-0.1, -0.05) is 23.9 Å². The van der Waals surface area contributed by atoms with Gasteiger partial charge in [-0.2, -0.15) is 0 Å². The second-order valence-electron chi connectivity index (χ2n) is 2.20. The summed E-state index contributed by atoms with van der Waals surface area (Å²) in [5.74, 6) is 0. The fourth-order valence-corrected chi connectivity index (χ4v) is 1.31. The molecule has 52 valence electrons. The van der Waals surface area contributed by atoms with Crippen LogP contribution in [-0.2, 0) is 0 Å². The summed E-state index contributed by atoms with van der Waals surface area (Å²) in [6.07, 6.45) is 3.85. The first kappa shape index (κ1) is 7.35. The van der Waals surface area contributed by atoms with E-state index >= 15 is 0 Å². The van der Waals surface area contributed by atoms with Crippen LogP contribution in [-0.4, -0.2) is 5.04 Å². The van der Waals surface area contributed by atoms with Crippen LogP contribution < -0.4 is 0 Å². The highest BCUT2D eigenvalue weighted by molar-refractivity contribution is 8.17. The fraction of sp³-hybridized carbons (Fsp3) is 0.125. The van der Waals surface area contributed by atoms with Crippen LogP contribution in [0.5, 0.6) is 0 Å². The number of allylic oxidation sites excluding steroid dienone is 3. The molecule has 0 atom stereocenters. The van der Waals surface area contributed by atoms with E-state index in [9.17, 15) is 0 Å². The van der Waals surface area contributed by atoms with Crippen LogP contribution in [0.2, 0.25) is 0 Å². The molecule has 0 fully saturated rings. The largest absolute Gasteiger partial charge is 0.293 e. The van der Waals surface area contributed by atoms with E-state index in [2.05, 4.69) is 6.58 Å². The maximum absolute atomic E-state index is 7.39. The number of thioether (sulfide) groups is 1. The first-order valence-electron chi connectivity index (χ1n) is 2.99. The maximum atomic E-state index is 7.39. The third-order valence-electron chi connectivity index (χ3n) is 1.10. The Balaban J connectivity index is 2.82. The van der Waals surface area contributed by atoms with Crippen LogP contribution in [0.4, 0.5) is 0 Å². The van der Waals surface area contributed by atoms with E-state index in [1.54, 1.807) is 0 Å². The summed E-state index contributed by atoms with van der Waals surface area (Å²) in [7, 11) is 0. The molecule has 0 saturated heterocycles. The molecule has 10 heavy (non-hydrogen) atoms. The van der Waals surface area contributed by atoms with Crippen molar-refractivity contribution in [2.75, 3.05) is 0 Å². The first-order valence-corrected chi connectivity index (χ1v) is 3.87. The van der Waals surface area contributed by atoms with Crippen molar-refractivity contribution in [1.29, 1.82) is 5.41 Å². The van der Waals surface area contributed by atoms with Gasteiger partial charge in [0.2, 0.25) is 0 Å². The minimum absolute atomic E-state index is 0.614. The van der Waals surface area contributed by atoms with Gasteiger partial charge in [0, 0.05) is 5.57 Å². The van der Waals surface area contributed by atoms with Crippen LogP contribution in [0.1, 0.15) is 6.92 Å². The molecule has 1 aliphatic heterocycles. The van der Waals surface area contributed by atoms with E-state index in [0.717, 1.165) is 11.1 Å². The van der Waals surface area contributed by atoms with E-state index in [0.29, 0.717) is 5.04 Å². The monoisotopic (exact) mass is 151 g/mol. The Morgan fingerprint density at radius 3 is 2.90 bits per heavy atom. The van der Waals surface area contributed by atoms with Gasteiger partial charge < -0.3 is 0 Å². The summed E-state index contributed by atoms with van der Waals surface area (Å²) in [6, 6.07) is 0. The standard InChI is InChI=1S/C8H9NS/c1-6(2)5-7-3-4-10-8(7)9/h3-5,9H,1H2,2H3/b7-5-,9-8?. The van der Waals surface area contributed by atoms with Crippen molar-refractivity contribution in [3.63, 3.8) is 0 Å². The topological polar surface area (TPSA) is 23.9 Å². The van der Waals surface area contributed by atoms with Crippen molar-refractivity contribution in [2.24, 2.45) is 0 Å². The minimum Gasteiger partial charge on any atom is -0.293 e. The predicted octanol–water partition coefficient (Wildman–Crippen LogP) is 2.73. The van der Waals surface area contributed by atoms with Crippen molar-refractivity contribution in [3.8, 4) is 0 Å². The Hall–Kier alpha value is -0.760. The second kappa shape index (κ2) is 2.88. The molecule has 0 aromatic carbocycles. The quantitative estimate of drug-likeness (QED) is 0.612. The van der Waals surface area contributed by atoms with E-state index < -0.39 is 0 Å². The lowest BCUT2D eigenvalue weighted by Gasteiger charge is -1.92. The fourth-order valence-electron chi connectivity index (χ4n) is 0.698. The minimum atomic E-state index is 0.614. The molecule has 1 nitrogen and oxygen atoms in total. The first-order chi connectivity index (χ1) is 4.70. The molecule has 0 aromatic rings. The molecule has 0 saturated carbocycles. The summed E-state index contributed by atoms with van der Waals surface area (Å²) in [4.78, 5) is 0. The average Bonchev–Trinajstić information content (AvgIpc) is 2.15. The van der Waals surface area contributed by atoms with Crippen molar-refractivity contribution >= 4 is 16.8 Å². The van der Waals surface area contributed by atoms with Crippen molar-refractivity contribution in [3.05, 3.63) is 35.3 Å². The SMILES string of the molecule is C=C(C)/C=C1/C=CSC1=N. The molecular weight excluding hydrogens is 142 g/mol. The van der Waals surface area contributed by atoms with Crippen LogP contribution in [0, 0.1) is 5.41 Å². The smallest absolute Gasteiger partial charge is 0.0985 e. The van der Waals surface area contributed by atoms with Gasteiger partial charge in [-0.15, -0.1) is 0 Å². The van der Waals surface area contributed by atoms with Gasteiger partial charge >= 0.3 is 0 Å². The molecule has 0 spiro atoms. The zero-order chi connectivity index (χ0) is 7.56. The number of hydrogen-bond donors (Lipinski definition) is 1. The van der Waals surface area contributed by atoms with Crippen molar-refractivity contribution < 1.29 is 0 Å². The van der Waals surface area contributed by atoms with E-state index in [-0.39, 0.29) is 0 Å². The van der Waals surface area contributed by atoms with Crippen molar-refractivity contribution in [1.82, 2.24) is 0 Å². The maximum Gasteiger partial charge on any atom is 0.0985 e. The summed E-state index contributed by atoms with van der Waals surface area (Å²) < 4.78 is 0. The van der Waals surface area contributed by atoms with Gasteiger partial charge in [-0.05, 0) is 24.5 Å². The number of hydrogen-bond acceptors (Lipinski definition) is 2. The lowest BCUT2D eigenvalue weighted by atomic mass is 10.2. The Morgan fingerprint density at radius 2 is 2.50 bits per heavy atom. The number of nitrogens with one attached hydrogen (secondary N) is 1. The second-order valence-corrected chi connectivity index (χ2v) is 3.11. The van der Waals surface area contributed by atoms with Crippen LogP contribution >= 0.6 is 11.8 Å². The third-order valence-corrected chi connectivity index (χ3v) is 1.84. The molecule has 0 aliphatic carbocycles. The van der Waals surface area contributed by atoms with Crippen LogP contribution in [0.15, 0.2) is 35.3 Å². The molecule has 0 radical (unpaired) electrons. The normalized spacial score (nSPS) is 20.5. The van der Waals surface area contributed by atoms with Crippen molar-refractivity contribution in [2.45, 2.75) is 6.92 Å². The van der Waals surface area contributed by atoms with Gasteiger partial charge in [0.05, 0.1) is 5.04 Å². The zero-order valence-corrected chi connectivity index (χ0v) is 6.66. The Morgan fingerprint density at radius 1 is 1.80 bits per heavy atom. The molecule has 0 amide bonds. The molecule has 0 bridgehead atoms. The van der Waals surface area contributed by atoms with Crippen LogP contribution in [0.3, 0.4) is 0 Å². The molecule has 1 rings (SSSR count). The molecular formula is C8H9NS. The highest BCUT2D eigenvalue weighted by Crippen LogP contribution is 2.22. The van der Waals surface area contributed by atoms with Crippen LogP contribution in [0.25, 0.3) is 0 Å². The highest BCUT2D eigenvalue weighted by atomic mass is 32.2. The Labute approximate surface area is 65.0 Å². The lowest BCUT2D eigenvalue weighted by Crippen LogP contribution is -1.85. The Kier molecular flexibility index (Phi) is 2.12. The van der Waals surface area contributed by atoms with Gasteiger partial charge in [-0.3, -0.25) is 5.41 Å². The summed E-state index contributed by atoms with van der Waals surface area (Å²) in [5.41, 5.74) is 1.96. The number of rotatable bonds is 1. The molecule has 0 unspecified atom stereocenters. The van der Waals surface area contributed by atoms with Gasteiger partial charge in [0.1, 0.15) is 0 Å². The molecule has 1 aliphatic rings. The summed E-state index contributed by atoms with van der Waals surface area (Å²) >= 11 is 1.44. The van der Waals surface area contributed by atoms with Gasteiger partial charge in [0.25, 0.3) is 0 Å². The Bertz CT molecular complexity index is 236. The predicted molar refractivity (Wildman–Crippen MR) is 47.4 cm³/mol. The molecule has 1 heterocycles. The zero-order valence-electron chi connectivity index (χ0n) is 5.85.